The molecule has 2 saturated heterocycles. The highest BCUT2D eigenvalue weighted by Crippen LogP contribution is 2.26. The van der Waals surface area contributed by atoms with Crippen LogP contribution in [0.4, 0.5) is 5.82 Å². The van der Waals surface area contributed by atoms with Crippen LogP contribution >= 0.6 is 0 Å². The molecule has 4 rings (SSSR count). The van der Waals surface area contributed by atoms with E-state index in [0.29, 0.717) is 12.1 Å². The average molecular weight is 364 g/mol. The Morgan fingerprint density at radius 3 is 2.89 bits per heavy atom. The van der Waals surface area contributed by atoms with Gasteiger partial charge in [0.25, 0.3) is 0 Å². The lowest BCUT2D eigenvalue weighted by Gasteiger charge is -2.34. The molecule has 6 heteroatoms. The summed E-state index contributed by atoms with van der Waals surface area (Å²) in [6, 6.07) is 12.1. The maximum Gasteiger partial charge on any atom is 0.225 e. The summed E-state index contributed by atoms with van der Waals surface area (Å²) in [7, 11) is 0. The van der Waals surface area contributed by atoms with E-state index in [2.05, 4.69) is 16.3 Å². The third-order valence-corrected chi connectivity index (χ3v) is 5.51. The van der Waals surface area contributed by atoms with Gasteiger partial charge in [-0.15, -0.1) is 0 Å². The molecule has 140 valence electrons. The lowest BCUT2D eigenvalue weighted by Crippen LogP contribution is -2.47. The van der Waals surface area contributed by atoms with Crippen LogP contribution in [0.5, 0.6) is 0 Å². The van der Waals surface area contributed by atoms with Gasteiger partial charge in [-0.25, -0.2) is 4.98 Å². The molecule has 2 aromatic rings. The largest absolute Gasteiger partial charge is 0.381 e. The minimum atomic E-state index is -0.0413. The van der Waals surface area contributed by atoms with E-state index in [-0.39, 0.29) is 17.9 Å². The fourth-order valence-corrected chi connectivity index (χ4v) is 3.98. The SMILES string of the molecule is N#Cc1cc(N2CCCC(C(=O)NC3CCOCC3)C2)nc2ccccc12. The molecule has 0 aliphatic carbocycles. The van der Waals surface area contributed by atoms with Crippen LogP contribution in [-0.4, -0.2) is 43.2 Å². The fourth-order valence-electron chi connectivity index (χ4n) is 3.98. The van der Waals surface area contributed by atoms with Crippen LogP contribution in [0.25, 0.3) is 10.9 Å². The summed E-state index contributed by atoms with van der Waals surface area (Å²) in [5.41, 5.74) is 1.45. The van der Waals surface area contributed by atoms with Gasteiger partial charge in [0.2, 0.25) is 5.91 Å². The highest BCUT2D eigenvalue weighted by Gasteiger charge is 2.28. The van der Waals surface area contributed by atoms with Crippen molar-refractivity contribution in [3.8, 4) is 6.07 Å². The zero-order valence-corrected chi connectivity index (χ0v) is 15.4. The van der Waals surface area contributed by atoms with Gasteiger partial charge in [-0.1, -0.05) is 18.2 Å². The molecule has 1 amide bonds. The van der Waals surface area contributed by atoms with Crippen molar-refractivity contribution in [1.29, 1.82) is 5.26 Å². The number of pyridine rings is 1. The molecule has 0 spiro atoms. The quantitative estimate of drug-likeness (QED) is 0.906. The van der Waals surface area contributed by atoms with E-state index in [1.807, 2.05) is 30.3 Å². The van der Waals surface area contributed by atoms with Gasteiger partial charge < -0.3 is 15.0 Å². The third kappa shape index (κ3) is 3.88. The molecule has 2 aliphatic heterocycles. The average Bonchev–Trinajstić information content (AvgIpc) is 2.73. The number of fused-ring (bicyclic) bond motifs is 1. The maximum absolute atomic E-state index is 12.7. The standard InChI is InChI=1S/C21H24N4O2/c22-13-16-12-20(24-19-6-2-1-5-18(16)19)25-9-3-4-15(14-25)21(26)23-17-7-10-27-11-8-17/h1-2,5-6,12,15,17H,3-4,7-11,14H2,(H,23,26). The molecule has 27 heavy (non-hydrogen) atoms. The van der Waals surface area contributed by atoms with Gasteiger partial charge in [-0.3, -0.25) is 4.79 Å². The van der Waals surface area contributed by atoms with Crippen LogP contribution in [0.1, 0.15) is 31.2 Å². The van der Waals surface area contributed by atoms with Crippen LogP contribution in [0, 0.1) is 17.2 Å². The molecule has 2 aliphatic rings. The maximum atomic E-state index is 12.7. The minimum absolute atomic E-state index is 0.0413. The summed E-state index contributed by atoms with van der Waals surface area (Å²) in [5, 5.41) is 13.6. The molecule has 0 saturated carbocycles. The van der Waals surface area contributed by atoms with Crippen LogP contribution in [-0.2, 0) is 9.53 Å². The van der Waals surface area contributed by atoms with Crippen molar-refractivity contribution in [3.05, 3.63) is 35.9 Å². The number of aromatic nitrogens is 1. The molecule has 1 aromatic carbocycles. The van der Waals surface area contributed by atoms with Crippen molar-refractivity contribution in [1.82, 2.24) is 10.3 Å². The zero-order chi connectivity index (χ0) is 18.6. The minimum Gasteiger partial charge on any atom is -0.381 e. The number of piperidine rings is 1. The Kier molecular flexibility index (Phi) is 5.21. The van der Waals surface area contributed by atoms with Crippen LogP contribution in [0.3, 0.4) is 0 Å². The Morgan fingerprint density at radius 1 is 1.26 bits per heavy atom. The van der Waals surface area contributed by atoms with E-state index in [1.54, 1.807) is 0 Å². The van der Waals surface area contributed by atoms with Crippen molar-refractivity contribution in [2.45, 2.75) is 31.7 Å². The first kappa shape index (κ1) is 17.7. The number of amides is 1. The first-order valence-electron chi connectivity index (χ1n) is 9.67. The van der Waals surface area contributed by atoms with Crippen molar-refractivity contribution in [2.75, 3.05) is 31.2 Å². The highest BCUT2D eigenvalue weighted by atomic mass is 16.5. The second-order valence-electron chi connectivity index (χ2n) is 7.34. The summed E-state index contributed by atoms with van der Waals surface area (Å²) >= 11 is 0. The molecule has 0 bridgehead atoms. The molecule has 1 atom stereocenters. The van der Waals surface area contributed by atoms with E-state index in [1.165, 1.54) is 0 Å². The van der Waals surface area contributed by atoms with Gasteiger partial charge in [-0.2, -0.15) is 5.26 Å². The number of carbonyl (C=O) groups is 1. The van der Waals surface area contributed by atoms with Gasteiger partial charge in [0.1, 0.15) is 5.82 Å². The molecule has 1 unspecified atom stereocenters. The summed E-state index contributed by atoms with van der Waals surface area (Å²) in [5.74, 6) is 0.877. The molecule has 1 N–H and O–H groups in total. The van der Waals surface area contributed by atoms with E-state index in [0.717, 1.165) is 62.2 Å². The normalized spacial score (nSPS) is 21.0. The highest BCUT2D eigenvalue weighted by molar-refractivity contribution is 5.86. The summed E-state index contributed by atoms with van der Waals surface area (Å²) in [4.78, 5) is 19.6. The van der Waals surface area contributed by atoms with E-state index in [4.69, 9.17) is 9.72 Å². The summed E-state index contributed by atoms with van der Waals surface area (Å²) in [6.07, 6.45) is 3.62. The van der Waals surface area contributed by atoms with E-state index >= 15 is 0 Å². The number of hydrogen-bond acceptors (Lipinski definition) is 5. The number of anilines is 1. The third-order valence-electron chi connectivity index (χ3n) is 5.51. The second-order valence-corrected chi connectivity index (χ2v) is 7.34. The number of rotatable bonds is 3. The van der Waals surface area contributed by atoms with Crippen molar-refractivity contribution in [2.24, 2.45) is 5.92 Å². The Bertz CT molecular complexity index is 870. The van der Waals surface area contributed by atoms with Gasteiger partial charge in [-0.05, 0) is 37.8 Å². The number of para-hydroxylation sites is 1. The smallest absolute Gasteiger partial charge is 0.225 e. The van der Waals surface area contributed by atoms with Gasteiger partial charge in [0, 0.05) is 37.7 Å². The lowest BCUT2D eigenvalue weighted by molar-refractivity contribution is -0.126. The lowest BCUT2D eigenvalue weighted by atomic mass is 9.96. The molecular formula is C21H24N4O2. The number of nitriles is 1. The number of benzene rings is 1. The zero-order valence-electron chi connectivity index (χ0n) is 15.4. The van der Waals surface area contributed by atoms with Gasteiger partial charge in [0.15, 0.2) is 0 Å². The van der Waals surface area contributed by atoms with Crippen molar-refractivity contribution >= 4 is 22.6 Å². The van der Waals surface area contributed by atoms with Gasteiger partial charge >= 0.3 is 0 Å². The van der Waals surface area contributed by atoms with Crippen LogP contribution < -0.4 is 10.2 Å². The van der Waals surface area contributed by atoms with E-state index in [9.17, 15) is 10.1 Å². The molecule has 3 heterocycles. The molecular weight excluding hydrogens is 340 g/mol. The predicted molar refractivity (Wildman–Crippen MR) is 103 cm³/mol. The Balaban J connectivity index is 1.50. The Hall–Kier alpha value is -2.65. The molecule has 6 nitrogen and oxygen atoms in total. The van der Waals surface area contributed by atoms with E-state index < -0.39 is 0 Å². The van der Waals surface area contributed by atoms with Crippen LogP contribution in [0.2, 0.25) is 0 Å². The Morgan fingerprint density at radius 2 is 2.07 bits per heavy atom. The number of ether oxygens (including phenoxy) is 1. The second kappa shape index (κ2) is 7.93. The number of carbonyl (C=O) groups excluding carboxylic acids is 1. The van der Waals surface area contributed by atoms with Crippen molar-refractivity contribution in [3.63, 3.8) is 0 Å². The topological polar surface area (TPSA) is 78.2 Å². The summed E-state index contributed by atoms with van der Waals surface area (Å²) in [6.45, 7) is 2.95. The fraction of sp³-hybridized carbons (Fsp3) is 0.476. The molecule has 0 radical (unpaired) electrons. The number of nitrogens with one attached hydrogen (secondary N) is 1. The van der Waals surface area contributed by atoms with Crippen molar-refractivity contribution < 1.29 is 9.53 Å². The first-order chi connectivity index (χ1) is 13.2. The Labute approximate surface area is 159 Å². The van der Waals surface area contributed by atoms with Gasteiger partial charge in [0.05, 0.1) is 23.1 Å². The molecule has 2 fully saturated rings. The number of nitrogens with zero attached hydrogens (tertiary/aromatic N) is 3. The molecule has 1 aromatic heterocycles. The van der Waals surface area contributed by atoms with Crippen LogP contribution in [0.15, 0.2) is 30.3 Å². The first-order valence-corrected chi connectivity index (χ1v) is 9.67. The number of hydrogen-bond donors (Lipinski definition) is 1. The monoisotopic (exact) mass is 364 g/mol. The summed E-state index contributed by atoms with van der Waals surface area (Å²) < 4.78 is 5.36. The predicted octanol–water partition coefficient (Wildman–Crippen LogP) is 2.62.